The van der Waals surface area contributed by atoms with Crippen molar-refractivity contribution in [1.82, 2.24) is 10.6 Å². The molecule has 1 aromatic carbocycles. The van der Waals surface area contributed by atoms with Crippen LogP contribution in [0.4, 0.5) is 5.69 Å². The van der Waals surface area contributed by atoms with Gasteiger partial charge in [0.15, 0.2) is 0 Å². The Morgan fingerprint density at radius 2 is 1.79 bits per heavy atom. The first-order valence-corrected chi connectivity index (χ1v) is 6.15. The van der Waals surface area contributed by atoms with Gasteiger partial charge in [-0.25, -0.2) is 0 Å². The van der Waals surface area contributed by atoms with Crippen LogP contribution in [0.25, 0.3) is 0 Å². The van der Waals surface area contributed by atoms with Gasteiger partial charge >= 0.3 is 0 Å². The zero-order chi connectivity index (χ0) is 14.6. The van der Waals surface area contributed by atoms with Crippen LogP contribution < -0.4 is 16.0 Å². The van der Waals surface area contributed by atoms with E-state index < -0.39 is 5.54 Å². The van der Waals surface area contributed by atoms with Crippen molar-refractivity contribution >= 4 is 17.5 Å². The van der Waals surface area contributed by atoms with Gasteiger partial charge in [0.25, 0.3) is 5.91 Å². The molecule has 0 bridgehead atoms. The van der Waals surface area contributed by atoms with Gasteiger partial charge in [0.05, 0.1) is 5.54 Å². The third-order valence-electron chi connectivity index (χ3n) is 3.17. The molecule has 0 unspecified atom stereocenters. The highest BCUT2D eigenvalue weighted by atomic mass is 16.2. The molecular formula is C14H21N3O2. The van der Waals surface area contributed by atoms with Crippen molar-refractivity contribution in [2.75, 3.05) is 19.4 Å². The summed E-state index contributed by atoms with van der Waals surface area (Å²) in [5.41, 5.74) is 1.41. The molecule has 104 valence electrons. The number of hydrogen-bond donors (Lipinski definition) is 3. The van der Waals surface area contributed by atoms with Crippen molar-refractivity contribution in [3.63, 3.8) is 0 Å². The molecule has 0 fully saturated rings. The summed E-state index contributed by atoms with van der Waals surface area (Å²) in [5, 5.41) is 8.34. The summed E-state index contributed by atoms with van der Waals surface area (Å²) in [6, 6.07) is 5.22. The maximum absolute atomic E-state index is 12.1. The van der Waals surface area contributed by atoms with Gasteiger partial charge < -0.3 is 16.0 Å². The quantitative estimate of drug-likeness (QED) is 0.766. The van der Waals surface area contributed by atoms with Crippen molar-refractivity contribution in [3.05, 3.63) is 29.3 Å². The Balaban J connectivity index is 3.01. The van der Waals surface area contributed by atoms with Gasteiger partial charge in [0.1, 0.15) is 0 Å². The highest BCUT2D eigenvalue weighted by molar-refractivity contribution is 6.00. The van der Waals surface area contributed by atoms with E-state index >= 15 is 0 Å². The van der Waals surface area contributed by atoms with Crippen molar-refractivity contribution in [1.29, 1.82) is 0 Å². The Bertz CT molecular complexity index is 495. The number of carbonyl (C=O) groups is 2. The van der Waals surface area contributed by atoms with Gasteiger partial charge in [0, 0.05) is 18.3 Å². The van der Waals surface area contributed by atoms with Gasteiger partial charge in [-0.1, -0.05) is 6.07 Å². The van der Waals surface area contributed by atoms with Gasteiger partial charge in [0.2, 0.25) is 5.91 Å². The Labute approximate surface area is 113 Å². The fourth-order valence-electron chi connectivity index (χ4n) is 1.43. The second-order valence-electron chi connectivity index (χ2n) is 4.94. The lowest BCUT2D eigenvalue weighted by molar-refractivity contribution is -0.121. The van der Waals surface area contributed by atoms with E-state index in [9.17, 15) is 9.59 Å². The highest BCUT2D eigenvalue weighted by Crippen LogP contribution is 2.18. The first kappa shape index (κ1) is 15.2. The Hall–Kier alpha value is -1.88. The molecule has 0 spiro atoms. The van der Waals surface area contributed by atoms with Crippen LogP contribution in [0, 0.1) is 6.92 Å². The van der Waals surface area contributed by atoms with Crippen LogP contribution in [0.1, 0.15) is 29.8 Å². The molecule has 3 N–H and O–H groups in total. The topological polar surface area (TPSA) is 70.2 Å². The van der Waals surface area contributed by atoms with Crippen LogP contribution in [0.3, 0.4) is 0 Å². The highest BCUT2D eigenvalue weighted by Gasteiger charge is 2.25. The normalized spacial score (nSPS) is 11.0. The molecule has 19 heavy (non-hydrogen) atoms. The summed E-state index contributed by atoms with van der Waals surface area (Å²) in [6.07, 6.45) is 0. The summed E-state index contributed by atoms with van der Waals surface area (Å²) in [5.74, 6) is -0.324. The van der Waals surface area contributed by atoms with Crippen LogP contribution in [-0.2, 0) is 4.79 Å². The van der Waals surface area contributed by atoms with E-state index in [4.69, 9.17) is 0 Å². The first-order chi connectivity index (χ1) is 8.81. The van der Waals surface area contributed by atoms with Crippen molar-refractivity contribution in [2.24, 2.45) is 0 Å². The predicted molar refractivity (Wildman–Crippen MR) is 76.3 cm³/mol. The summed E-state index contributed by atoms with van der Waals surface area (Å²) in [7, 11) is 3.30. The van der Waals surface area contributed by atoms with Gasteiger partial charge in [-0.05, 0) is 45.5 Å². The second kappa shape index (κ2) is 5.84. The summed E-state index contributed by atoms with van der Waals surface area (Å²) in [4.78, 5) is 23.7. The van der Waals surface area contributed by atoms with E-state index in [1.807, 2.05) is 13.0 Å². The number of amides is 2. The van der Waals surface area contributed by atoms with Crippen LogP contribution in [0.5, 0.6) is 0 Å². The maximum Gasteiger partial charge on any atom is 0.251 e. The van der Waals surface area contributed by atoms with E-state index in [0.29, 0.717) is 11.3 Å². The van der Waals surface area contributed by atoms with E-state index in [1.165, 1.54) is 0 Å². The molecule has 0 aliphatic carbocycles. The van der Waals surface area contributed by atoms with Gasteiger partial charge in [-0.3, -0.25) is 9.59 Å². The average Bonchev–Trinajstić information content (AvgIpc) is 2.40. The maximum atomic E-state index is 12.1. The average molecular weight is 263 g/mol. The number of hydrogen-bond acceptors (Lipinski definition) is 3. The number of nitrogens with one attached hydrogen (secondary N) is 3. The Morgan fingerprint density at radius 1 is 1.16 bits per heavy atom. The van der Waals surface area contributed by atoms with Crippen LogP contribution >= 0.6 is 0 Å². The monoisotopic (exact) mass is 263 g/mol. The number of anilines is 1. The number of benzene rings is 1. The molecule has 0 aliphatic rings. The molecule has 2 amide bonds. The molecule has 0 saturated heterocycles. The third-order valence-corrected chi connectivity index (χ3v) is 3.17. The standard InChI is InChI=1S/C14H21N3O2/c1-9-6-7-10(12(18)15-4)8-11(9)17-13(19)14(2,3)16-5/h6-8,16H,1-5H3,(H,15,18)(H,17,19). The number of rotatable bonds is 4. The molecule has 0 heterocycles. The summed E-state index contributed by atoms with van der Waals surface area (Å²) in [6.45, 7) is 5.47. The molecule has 0 aliphatic heterocycles. The molecule has 0 atom stereocenters. The molecule has 5 nitrogen and oxygen atoms in total. The lowest BCUT2D eigenvalue weighted by Crippen LogP contribution is -2.48. The van der Waals surface area contributed by atoms with E-state index in [-0.39, 0.29) is 11.8 Å². The molecular weight excluding hydrogens is 242 g/mol. The minimum atomic E-state index is -0.671. The van der Waals surface area contributed by atoms with Crippen LogP contribution in [0.2, 0.25) is 0 Å². The van der Waals surface area contributed by atoms with Gasteiger partial charge in [-0.2, -0.15) is 0 Å². The van der Waals surface area contributed by atoms with Crippen LogP contribution in [0.15, 0.2) is 18.2 Å². The second-order valence-corrected chi connectivity index (χ2v) is 4.94. The molecule has 1 rings (SSSR count). The summed E-state index contributed by atoms with van der Waals surface area (Å²) >= 11 is 0. The zero-order valence-electron chi connectivity index (χ0n) is 12.0. The van der Waals surface area contributed by atoms with Crippen molar-refractivity contribution in [2.45, 2.75) is 26.3 Å². The molecule has 0 saturated carbocycles. The van der Waals surface area contributed by atoms with E-state index in [2.05, 4.69) is 16.0 Å². The minimum Gasteiger partial charge on any atom is -0.355 e. The summed E-state index contributed by atoms with van der Waals surface area (Å²) < 4.78 is 0. The lowest BCUT2D eigenvalue weighted by atomic mass is 10.0. The number of likely N-dealkylation sites (N-methyl/N-ethyl adjacent to an activating group) is 1. The van der Waals surface area contributed by atoms with Gasteiger partial charge in [-0.15, -0.1) is 0 Å². The van der Waals surface area contributed by atoms with E-state index in [0.717, 1.165) is 5.56 Å². The largest absolute Gasteiger partial charge is 0.355 e. The van der Waals surface area contributed by atoms with E-state index in [1.54, 1.807) is 40.1 Å². The SMILES string of the molecule is CNC(=O)c1ccc(C)c(NC(=O)C(C)(C)NC)c1. The fourth-order valence-corrected chi connectivity index (χ4v) is 1.43. The Morgan fingerprint density at radius 3 is 2.32 bits per heavy atom. The first-order valence-electron chi connectivity index (χ1n) is 6.15. The predicted octanol–water partition coefficient (Wildman–Crippen LogP) is 1.29. The number of carbonyl (C=O) groups excluding carboxylic acids is 2. The molecule has 0 aromatic heterocycles. The fraction of sp³-hybridized carbons (Fsp3) is 0.429. The van der Waals surface area contributed by atoms with Crippen LogP contribution in [-0.4, -0.2) is 31.4 Å². The van der Waals surface area contributed by atoms with Crippen molar-refractivity contribution in [3.8, 4) is 0 Å². The number of aryl methyl sites for hydroxylation is 1. The lowest BCUT2D eigenvalue weighted by Gasteiger charge is -2.23. The Kier molecular flexibility index (Phi) is 4.67. The third kappa shape index (κ3) is 3.54. The van der Waals surface area contributed by atoms with Crippen molar-refractivity contribution < 1.29 is 9.59 Å². The zero-order valence-corrected chi connectivity index (χ0v) is 12.0. The molecule has 0 radical (unpaired) electrons. The molecule has 5 heteroatoms. The minimum absolute atomic E-state index is 0.146. The molecule has 1 aromatic rings. The smallest absolute Gasteiger partial charge is 0.251 e.